The van der Waals surface area contributed by atoms with Crippen molar-refractivity contribution in [2.75, 3.05) is 0 Å². The van der Waals surface area contributed by atoms with Gasteiger partial charge in [0.15, 0.2) is 0 Å². The highest BCUT2D eigenvalue weighted by Gasteiger charge is 2.08. The monoisotopic (exact) mass is 212 g/mol. The molecule has 5 heteroatoms. The molecule has 0 fully saturated rings. The first-order chi connectivity index (χ1) is 7.72. The highest BCUT2D eigenvalue weighted by Crippen LogP contribution is 2.17. The van der Waals surface area contributed by atoms with E-state index in [1.807, 2.05) is 6.07 Å². The first kappa shape index (κ1) is 10.1. The van der Waals surface area contributed by atoms with Crippen LogP contribution in [0.1, 0.15) is 5.56 Å². The highest BCUT2D eigenvalue weighted by atomic mass is 16.1. The Morgan fingerprint density at radius 3 is 2.69 bits per heavy atom. The molecule has 0 aliphatic rings. The average Bonchev–Trinajstić information content (AvgIpc) is 2.33. The number of rotatable bonds is 1. The largest absolute Gasteiger partial charge is 0.347 e. The van der Waals surface area contributed by atoms with Crippen molar-refractivity contribution < 1.29 is 0 Å². The Hall–Kier alpha value is -2.48. The van der Waals surface area contributed by atoms with Gasteiger partial charge in [-0.3, -0.25) is 4.98 Å². The Kier molecular flexibility index (Phi) is 2.48. The molecule has 0 amide bonds. The maximum Gasteiger partial charge on any atom is 0.347 e. The molecule has 0 bridgehead atoms. The molecule has 0 saturated heterocycles. The molecule has 0 aliphatic heterocycles. The number of hydrogen-bond donors (Lipinski definition) is 0. The van der Waals surface area contributed by atoms with Gasteiger partial charge in [0.25, 0.3) is 0 Å². The van der Waals surface area contributed by atoms with Crippen molar-refractivity contribution in [2.45, 2.75) is 0 Å². The van der Waals surface area contributed by atoms with E-state index < -0.39 is 0 Å². The number of nitriles is 1. The second-order valence-electron chi connectivity index (χ2n) is 3.24. The molecular formula is C11H8N4O. The molecule has 0 radical (unpaired) electrons. The Bertz CT molecular complexity index is 610. The fraction of sp³-hybridized carbons (Fsp3) is 0.0909. The van der Waals surface area contributed by atoms with Crippen LogP contribution in [0.3, 0.4) is 0 Å². The summed E-state index contributed by atoms with van der Waals surface area (Å²) in [5, 5.41) is 8.97. The van der Waals surface area contributed by atoms with Crippen LogP contribution in [0.5, 0.6) is 0 Å². The van der Waals surface area contributed by atoms with E-state index in [4.69, 9.17) is 5.26 Å². The number of nitrogens with zero attached hydrogens (tertiary/aromatic N) is 4. The van der Waals surface area contributed by atoms with E-state index in [0.717, 1.165) is 0 Å². The van der Waals surface area contributed by atoms with Gasteiger partial charge in [0, 0.05) is 31.2 Å². The van der Waals surface area contributed by atoms with Crippen LogP contribution in [-0.2, 0) is 7.05 Å². The maximum atomic E-state index is 11.4. The zero-order valence-electron chi connectivity index (χ0n) is 8.58. The Balaban J connectivity index is 2.71. The second-order valence-corrected chi connectivity index (χ2v) is 3.24. The van der Waals surface area contributed by atoms with Crippen LogP contribution in [0.4, 0.5) is 0 Å². The quantitative estimate of drug-likeness (QED) is 0.698. The summed E-state index contributed by atoms with van der Waals surface area (Å²) in [7, 11) is 1.56. The lowest BCUT2D eigenvalue weighted by Crippen LogP contribution is -2.20. The standard InChI is InChI=1S/C11H8N4O/c1-15-7-9(6-12)10(14-11(15)16)8-2-4-13-5-3-8/h2-5,7H,1H3. The van der Waals surface area contributed by atoms with E-state index in [-0.39, 0.29) is 5.69 Å². The molecule has 0 unspecified atom stereocenters. The zero-order valence-corrected chi connectivity index (χ0v) is 8.58. The number of aromatic nitrogens is 3. The van der Waals surface area contributed by atoms with Crippen LogP contribution < -0.4 is 5.69 Å². The van der Waals surface area contributed by atoms with Crippen LogP contribution in [0.2, 0.25) is 0 Å². The van der Waals surface area contributed by atoms with Gasteiger partial charge in [-0.1, -0.05) is 0 Å². The van der Waals surface area contributed by atoms with Crippen molar-refractivity contribution in [3.8, 4) is 17.3 Å². The lowest BCUT2D eigenvalue weighted by molar-refractivity contribution is 0.809. The lowest BCUT2D eigenvalue weighted by atomic mass is 10.1. The van der Waals surface area contributed by atoms with Crippen LogP contribution in [0, 0.1) is 11.3 Å². The summed E-state index contributed by atoms with van der Waals surface area (Å²) in [6.07, 6.45) is 4.66. The number of pyridine rings is 1. The van der Waals surface area contributed by atoms with E-state index in [9.17, 15) is 4.79 Å². The third-order valence-corrected chi connectivity index (χ3v) is 2.16. The van der Waals surface area contributed by atoms with Gasteiger partial charge < -0.3 is 4.57 Å². The van der Waals surface area contributed by atoms with E-state index in [1.165, 1.54) is 10.8 Å². The minimum atomic E-state index is -0.384. The van der Waals surface area contributed by atoms with Gasteiger partial charge in [0.05, 0.1) is 11.3 Å². The highest BCUT2D eigenvalue weighted by molar-refractivity contribution is 5.64. The van der Waals surface area contributed by atoms with Gasteiger partial charge in [-0.2, -0.15) is 10.2 Å². The Morgan fingerprint density at radius 2 is 2.06 bits per heavy atom. The number of hydrogen-bond acceptors (Lipinski definition) is 4. The van der Waals surface area contributed by atoms with Gasteiger partial charge in [-0.15, -0.1) is 0 Å². The molecule has 0 spiro atoms. The molecule has 0 saturated carbocycles. The molecule has 0 aromatic carbocycles. The zero-order chi connectivity index (χ0) is 11.5. The summed E-state index contributed by atoms with van der Waals surface area (Å²) in [6, 6.07) is 5.44. The summed E-state index contributed by atoms with van der Waals surface area (Å²) in [5.41, 5.74) is 1.09. The predicted octanol–water partition coefficient (Wildman–Crippen LogP) is 0.714. The summed E-state index contributed by atoms with van der Waals surface area (Å²) in [5.74, 6) is 0. The van der Waals surface area contributed by atoms with E-state index in [0.29, 0.717) is 16.8 Å². The molecule has 2 aromatic rings. The van der Waals surface area contributed by atoms with Crippen molar-refractivity contribution in [2.24, 2.45) is 7.05 Å². The first-order valence-corrected chi connectivity index (χ1v) is 4.60. The minimum absolute atomic E-state index is 0.369. The molecule has 2 heterocycles. The third kappa shape index (κ3) is 1.68. The van der Waals surface area contributed by atoms with E-state index in [1.54, 1.807) is 31.6 Å². The summed E-state index contributed by atoms with van der Waals surface area (Å²) in [4.78, 5) is 19.2. The Labute approximate surface area is 91.6 Å². The fourth-order valence-electron chi connectivity index (χ4n) is 1.36. The molecular weight excluding hydrogens is 204 g/mol. The lowest BCUT2D eigenvalue weighted by Gasteiger charge is -2.03. The van der Waals surface area contributed by atoms with Crippen LogP contribution in [0.25, 0.3) is 11.3 Å². The fourth-order valence-corrected chi connectivity index (χ4v) is 1.36. The van der Waals surface area contributed by atoms with Gasteiger partial charge in [0.2, 0.25) is 0 Å². The summed E-state index contributed by atoms with van der Waals surface area (Å²) >= 11 is 0. The Morgan fingerprint density at radius 1 is 1.38 bits per heavy atom. The molecule has 5 nitrogen and oxygen atoms in total. The minimum Gasteiger partial charge on any atom is -0.301 e. The molecule has 2 aromatic heterocycles. The van der Waals surface area contributed by atoms with Gasteiger partial charge >= 0.3 is 5.69 Å². The molecule has 0 atom stereocenters. The third-order valence-electron chi connectivity index (χ3n) is 2.16. The molecule has 16 heavy (non-hydrogen) atoms. The second kappa shape index (κ2) is 3.95. The molecule has 78 valence electrons. The van der Waals surface area contributed by atoms with E-state index >= 15 is 0 Å². The SMILES string of the molecule is Cn1cc(C#N)c(-c2ccncc2)nc1=O. The number of aryl methyl sites for hydroxylation is 1. The van der Waals surface area contributed by atoms with Crippen LogP contribution >= 0.6 is 0 Å². The maximum absolute atomic E-state index is 11.4. The predicted molar refractivity (Wildman–Crippen MR) is 57.4 cm³/mol. The first-order valence-electron chi connectivity index (χ1n) is 4.60. The van der Waals surface area contributed by atoms with Gasteiger partial charge in [0.1, 0.15) is 6.07 Å². The molecule has 2 rings (SSSR count). The van der Waals surface area contributed by atoms with Crippen molar-refractivity contribution in [1.29, 1.82) is 5.26 Å². The summed E-state index contributed by atoms with van der Waals surface area (Å²) < 4.78 is 1.28. The average molecular weight is 212 g/mol. The van der Waals surface area contributed by atoms with Crippen molar-refractivity contribution in [3.63, 3.8) is 0 Å². The van der Waals surface area contributed by atoms with Crippen LogP contribution in [0.15, 0.2) is 35.5 Å². The smallest absolute Gasteiger partial charge is 0.301 e. The topological polar surface area (TPSA) is 71.6 Å². The summed E-state index contributed by atoms with van der Waals surface area (Å²) in [6.45, 7) is 0. The van der Waals surface area contributed by atoms with Gasteiger partial charge in [-0.05, 0) is 12.1 Å². The van der Waals surface area contributed by atoms with E-state index in [2.05, 4.69) is 9.97 Å². The molecule has 0 N–H and O–H groups in total. The normalized spacial score (nSPS) is 9.75. The van der Waals surface area contributed by atoms with Crippen molar-refractivity contribution in [1.82, 2.24) is 14.5 Å². The molecule has 0 aliphatic carbocycles. The van der Waals surface area contributed by atoms with Crippen molar-refractivity contribution >= 4 is 0 Å². The van der Waals surface area contributed by atoms with Crippen LogP contribution in [-0.4, -0.2) is 14.5 Å². The van der Waals surface area contributed by atoms with Gasteiger partial charge in [-0.25, -0.2) is 4.79 Å². The van der Waals surface area contributed by atoms with Crippen molar-refractivity contribution in [3.05, 3.63) is 46.8 Å².